The molecule has 3 aromatic heterocycles. The first-order valence-corrected chi connectivity index (χ1v) is 8.49. The summed E-state index contributed by atoms with van der Waals surface area (Å²) in [4.78, 5) is 26.9. The summed E-state index contributed by atoms with van der Waals surface area (Å²) < 4.78 is 0. The Morgan fingerprint density at radius 2 is 2.14 bits per heavy atom. The molecule has 0 aliphatic carbocycles. The predicted octanol–water partition coefficient (Wildman–Crippen LogP) is 3.43. The number of nitrogens with zero attached hydrogens (tertiary/aromatic N) is 3. The summed E-state index contributed by atoms with van der Waals surface area (Å²) in [6.07, 6.45) is 3.20. The lowest BCUT2D eigenvalue weighted by molar-refractivity contribution is -0.113. The predicted molar refractivity (Wildman–Crippen MR) is 90.5 cm³/mol. The number of carbonyl (C=O) groups is 1. The fraction of sp³-hybridized carbons (Fsp3) is 0.200. The molecule has 7 heteroatoms. The number of carbonyl (C=O) groups excluding carboxylic acids is 1. The summed E-state index contributed by atoms with van der Waals surface area (Å²) >= 11 is 3.08. The quantitative estimate of drug-likeness (QED) is 0.586. The molecule has 3 aromatic rings. The van der Waals surface area contributed by atoms with Crippen LogP contribution in [-0.2, 0) is 4.79 Å². The van der Waals surface area contributed by atoms with Crippen LogP contribution in [0.4, 0.5) is 5.82 Å². The van der Waals surface area contributed by atoms with Crippen molar-refractivity contribution in [2.24, 2.45) is 0 Å². The second-order valence-electron chi connectivity index (χ2n) is 4.69. The van der Waals surface area contributed by atoms with Gasteiger partial charge in [-0.1, -0.05) is 17.8 Å². The molecule has 0 aromatic carbocycles. The number of hydrogen-bond donors (Lipinski definition) is 1. The molecule has 112 valence electrons. The third kappa shape index (κ3) is 3.10. The maximum atomic E-state index is 12.0. The van der Waals surface area contributed by atoms with E-state index in [2.05, 4.69) is 34.1 Å². The van der Waals surface area contributed by atoms with E-state index in [1.807, 2.05) is 12.1 Å². The highest BCUT2D eigenvalue weighted by Gasteiger charge is 2.13. The van der Waals surface area contributed by atoms with E-state index in [-0.39, 0.29) is 11.7 Å². The van der Waals surface area contributed by atoms with Gasteiger partial charge in [0.15, 0.2) is 0 Å². The van der Waals surface area contributed by atoms with Gasteiger partial charge in [0.1, 0.15) is 22.0 Å². The van der Waals surface area contributed by atoms with E-state index in [1.165, 1.54) is 22.2 Å². The summed E-state index contributed by atoms with van der Waals surface area (Å²) in [5.74, 6) is 0.750. The lowest BCUT2D eigenvalue weighted by atomic mass is 10.2. The third-order valence-electron chi connectivity index (χ3n) is 3.20. The number of rotatable bonds is 4. The fourth-order valence-corrected chi connectivity index (χ4v) is 3.93. The number of hydrogen-bond acceptors (Lipinski definition) is 6. The summed E-state index contributed by atoms with van der Waals surface area (Å²) in [6, 6.07) is 5.41. The largest absolute Gasteiger partial charge is 0.310 e. The molecule has 0 atom stereocenters. The van der Waals surface area contributed by atoms with Crippen LogP contribution in [0.2, 0.25) is 0 Å². The van der Waals surface area contributed by atoms with Crippen molar-refractivity contribution in [1.29, 1.82) is 0 Å². The van der Waals surface area contributed by atoms with Crippen molar-refractivity contribution >= 4 is 45.0 Å². The highest BCUT2D eigenvalue weighted by Crippen LogP contribution is 2.34. The van der Waals surface area contributed by atoms with Crippen LogP contribution in [0.25, 0.3) is 10.2 Å². The van der Waals surface area contributed by atoms with Gasteiger partial charge in [-0.3, -0.25) is 4.79 Å². The molecule has 0 radical (unpaired) electrons. The van der Waals surface area contributed by atoms with Gasteiger partial charge in [0.2, 0.25) is 5.91 Å². The molecular formula is C15H14N4OS2. The SMILES string of the molecule is Cc1sc2ncnc(SCC(=O)Nc3ccccn3)c2c1C. The van der Waals surface area contributed by atoms with Gasteiger partial charge in [-0.2, -0.15) is 0 Å². The molecule has 0 bridgehead atoms. The maximum Gasteiger partial charge on any atom is 0.235 e. The van der Waals surface area contributed by atoms with Gasteiger partial charge >= 0.3 is 0 Å². The molecule has 3 rings (SSSR count). The van der Waals surface area contributed by atoms with Crippen LogP contribution in [0.1, 0.15) is 10.4 Å². The first kappa shape index (κ1) is 14.9. The number of amides is 1. The normalized spacial score (nSPS) is 10.8. The molecule has 0 saturated heterocycles. The van der Waals surface area contributed by atoms with E-state index in [0.29, 0.717) is 5.82 Å². The van der Waals surface area contributed by atoms with E-state index in [4.69, 9.17) is 0 Å². The number of anilines is 1. The summed E-state index contributed by atoms with van der Waals surface area (Å²) in [7, 11) is 0. The van der Waals surface area contributed by atoms with E-state index < -0.39 is 0 Å². The second-order valence-corrected chi connectivity index (χ2v) is 6.86. The molecule has 0 unspecified atom stereocenters. The number of aryl methyl sites for hydroxylation is 2. The molecule has 0 fully saturated rings. The Balaban J connectivity index is 1.73. The third-order valence-corrected chi connectivity index (χ3v) is 5.31. The molecule has 0 saturated carbocycles. The van der Waals surface area contributed by atoms with Crippen LogP contribution in [0, 0.1) is 13.8 Å². The lowest BCUT2D eigenvalue weighted by Crippen LogP contribution is -2.14. The Morgan fingerprint density at radius 3 is 2.91 bits per heavy atom. The van der Waals surface area contributed by atoms with Crippen molar-refractivity contribution in [2.45, 2.75) is 18.9 Å². The first-order chi connectivity index (χ1) is 10.6. The van der Waals surface area contributed by atoms with Crippen LogP contribution in [0.3, 0.4) is 0 Å². The van der Waals surface area contributed by atoms with Gasteiger partial charge in [0.05, 0.1) is 5.75 Å². The molecule has 0 aliphatic heterocycles. The smallest absolute Gasteiger partial charge is 0.235 e. The van der Waals surface area contributed by atoms with Crippen LogP contribution < -0.4 is 5.32 Å². The molecule has 5 nitrogen and oxygen atoms in total. The first-order valence-electron chi connectivity index (χ1n) is 6.69. The minimum Gasteiger partial charge on any atom is -0.310 e. The number of nitrogens with one attached hydrogen (secondary N) is 1. The van der Waals surface area contributed by atoms with Crippen molar-refractivity contribution in [2.75, 3.05) is 11.1 Å². The molecule has 22 heavy (non-hydrogen) atoms. The van der Waals surface area contributed by atoms with Crippen LogP contribution >= 0.6 is 23.1 Å². The standard InChI is InChI=1S/C15H14N4OS2/c1-9-10(2)22-15-13(9)14(17-8-18-15)21-7-12(20)19-11-5-3-4-6-16-11/h3-6,8H,7H2,1-2H3,(H,16,19,20). The average molecular weight is 330 g/mol. The average Bonchev–Trinajstić information content (AvgIpc) is 2.82. The zero-order valence-corrected chi connectivity index (χ0v) is 13.8. The Bertz CT molecular complexity index is 817. The summed E-state index contributed by atoms with van der Waals surface area (Å²) in [6.45, 7) is 4.14. The van der Waals surface area contributed by atoms with Gasteiger partial charge in [-0.15, -0.1) is 11.3 Å². The van der Waals surface area contributed by atoms with E-state index >= 15 is 0 Å². The Morgan fingerprint density at radius 1 is 1.27 bits per heavy atom. The number of aromatic nitrogens is 3. The zero-order valence-electron chi connectivity index (χ0n) is 12.2. The molecule has 3 heterocycles. The topological polar surface area (TPSA) is 67.8 Å². The second kappa shape index (κ2) is 6.41. The van der Waals surface area contributed by atoms with Gasteiger partial charge < -0.3 is 5.32 Å². The molecule has 0 spiro atoms. The Hall–Kier alpha value is -1.99. The molecule has 1 N–H and O–H groups in total. The minimum absolute atomic E-state index is 0.0972. The summed E-state index contributed by atoms with van der Waals surface area (Å²) in [5, 5.41) is 4.67. The monoisotopic (exact) mass is 330 g/mol. The number of thioether (sulfide) groups is 1. The molecular weight excluding hydrogens is 316 g/mol. The summed E-state index contributed by atoms with van der Waals surface area (Å²) in [5.41, 5.74) is 1.19. The Labute approximate surface area is 136 Å². The Kier molecular flexibility index (Phi) is 4.35. The highest BCUT2D eigenvalue weighted by molar-refractivity contribution is 8.00. The number of thiophene rings is 1. The minimum atomic E-state index is -0.0972. The van der Waals surface area contributed by atoms with Gasteiger partial charge in [-0.25, -0.2) is 15.0 Å². The number of fused-ring (bicyclic) bond motifs is 1. The van der Waals surface area contributed by atoms with Crippen LogP contribution in [-0.4, -0.2) is 26.6 Å². The van der Waals surface area contributed by atoms with Crippen molar-refractivity contribution in [3.05, 3.63) is 41.2 Å². The van der Waals surface area contributed by atoms with Crippen molar-refractivity contribution in [3.8, 4) is 0 Å². The van der Waals surface area contributed by atoms with Crippen LogP contribution in [0.15, 0.2) is 35.7 Å². The van der Waals surface area contributed by atoms with E-state index in [1.54, 1.807) is 29.9 Å². The van der Waals surface area contributed by atoms with Crippen molar-refractivity contribution in [3.63, 3.8) is 0 Å². The van der Waals surface area contributed by atoms with Gasteiger partial charge in [0, 0.05) is 16.5 Å². The lowest BCUT2D eigenvalue weighted by Gasteiger charge is -2.05. The van der Waals surface area contributed by atoms with Crippen molar-refractivity contribution < 1.29 is 4.79 Å². The molecule has 1 amide bonds. The highest BCUT2D eigenvalue weighted by atomic mass is 32.2. The molecule has 0 aliphatic rings. The number of pyridine rings is 1. The van der Waals surface area contributed by atoms with Crippen molar-refractivity contribution in [1.82, 2.24) is 15.0 Å². The van der Waals surface area contributed by atoms with Gasteiger partial charge in [-0.05, 0) is 31.5 Å². The van der Waals surface area contributed by atoms with E-state index in [9.17, 15) is 4.79 Å². The van der Waals surface area contributed by atoms with Gasteiger partial charge in [0.25, 0.3) is 0 Å². The van der Waals surface area contributed by atoms with E-state index in [0.717, 1.165) is 15.2 Å². The zero-order chi connectivity index (χ0) is 15.5. The maximum absolute atomic E-state index is 12.0. The van der Waals surface area contributed by atoms with Crippen LogP contribution in [0.5, 0.6) is 0 Å². The fourth-order valence-electron chi connectivity index (χ4n) is 2.01.